The first-order valence-corrected chi connectivity index (χ1v) is 22.2. The molecule has 2 aromatic carbocycles. The summed E-state index contributed by atoms with van der Waals surface area (Å²) in [5.74, 6) is -3.14. The van der Waals surface area contributed by atoms with Crippen molar-refractivity contribution in [3.8, 4) is 0 Å². The topological polar surface area (TPSA) is 131 Å². The predicted molar refractivity (Wildman–Crippen MR) is 214 cm³/mol. The Hall–Kier alpha value is -3.86. The Bertz CT molecular complexity index is 2080. The molecule has 5 heterocycles. The Balaban J connectivity index is 0.921. The number of carbonyl (C=O) groups is 3. The van der Waals surface area contributed by atoms with Crippen LogP contribution in [-0.2, 0) is 23.8 Å². The van der Waals surface area contributed by atoms with Crippen molar-refractivity contribution in [1.82, 2.24) is 15.2 Å². The summed E-state index contributed by atoms with van der Waals surface area (Å²) in [6.07, 6.45) is 1.97. The molecule has 60 heavy (non-hydrogen) atoms. The smallest absolute Gasteiger partial charge is 0.403 e. The summed E-state index contributed by atoms with van der Waals surface area (Å²) in [6.45, 7) is 3.62. The highest BCUT2D eigenvalue weighted by Crippen LogP contribution is 2.60. The number of nitrogens with zero attached hydrogens (tertiary/aromatic N) is 3. The summed E-state index contributed by atoms with van der Waals surface area (Å²) in [5.41, 5.74) is 0.717. The number of benzene rings is 2. The standard InChI is InChI=1S/C44H52F4N4O7S/c1-26(58-23-41-12-10-32(11-13-41)59-24-41)35(19-57-31-8-6-28(7-9-31)27-2-4-29(5-3-27)39(54)55)50-38(53)33-18-51(36-17-30(45)16-34-37(36)60-25-49-34)20-42(33)21-52(22-42)40(56)43(14-15-43)44(46,47)48/h2-5,16-17,25-26,28,31-33,35H,6-15,18-24H2,1H3,(H,50,53)(H,54,55)/t26-,28?,31?,32?,33+,35-,41?/m1/s1. The van der Waals surface area contributed by atoms with Crippen molar-refractivity contribution >= 4 is 45.0 Å². The number of carbonyl (C=O) groups excluding carboxylic acids is 2. The lowest BCUT2D eigenvalue weighted by molar-refractivity contribution is -0.205. The molecule has 3 aliphatic carbocycles. The third kappa shape index (κ3) is 7.78. The van der Waals surface area contributed by atoms with Crippen molar-refractivity contribution in [3.63, 3.8) is 0 Å². The number of anilines is 1. The van der Waals surface area contributed by atoms with Gasteiger partial charge in [-0.15, -0.1) is 11.3 Å². The van der Waals surface area contributed by atoms with E-state index in [9.17, 15) is 37.1 Å². The third-order valence-corrected chi connectivity index (χ3v) is 15.5. The maximum atomic E-state index is 14.9. The van der Waals surface area contributed by atoms with Crippen LogP contribution in [0.4, 0.5) is 23.2 Å². The summed E-state index contributed by atoms with van der Waals surface area (Å²) in [5, 5.41) is 12.6. The third-order valence-electron chi connectivity index (χ3n) is 14.7. The van der Waals surface area contributed by atoms with E-state index < -0.39 is 52.8 Å². The molecule has 3 saturated carbocycles. The molecule has 4 saturated heterocycles. The first kappa shape index (κ1) is 41.5. The monoisotopic (exact) mass is 856 g/mol. The summed E-state index contributed by atoms with van der Waals surface area (Å²) >= 11 is 1.35. The predicted octanol–water partition coefficient (Wildman–Crippen LogP) is 7.33. The van der Waals surface area contributed by atoms with Gasteiger partial charge < -0.3 is 34.4 Å². The van der Waals surface area contributed by atoms with E-state index in [1.165, 1.54) is 28.4 Å². The number of aromatic nitrogens is 1. The Labute approximate surface area is 350 Å². The van der Waals surface area contributed by atoms with Crippen LogP contribution in [0, 0.1) is 28.0 Å². The van der Waals surface area contributed by atoms with E-state index in [4.69, 9.17) is 14.2 Å². The molecule has 0 radical (unpaired) electrons. The van der Waals surface area contributed by atoms with Crippen LogP contribution in [-0.4, -0.2) is 109 Å². The number of carboxylic acids is 1. The minimum atomic E-state index is -4.65. The highest BCUT2D eigenvalue weighted by atomic mass is 32.1. The quantitative estimate of drug-likeness (QED) is 0.170. The number of carboxylic acid groups (broad SMARTS) is 1. The molecule has 3 aromatic rings. The lowest BCUT2D eigenvalue weighted by Crippen LogP contribution is -2.66. The highest BCUT2D eigenvalue weighted by molar-refractivity contribution is 7.17. The Morgan fingerprint density at radius 3 is 2.37 bits per heavy atom. The van der Waals surface area contributed by atoms with Gasteiger partial charge in [0, 0.05) is 43.1 Å². The molecular weight excluding hydrogens is 805 g/mol. The average molecular weight is 857 g/mol. The van der Waals surface area contributed by atoms with E-state index >= 15 is 0 Å². The second kappa shape index (κ2) is 15.8. The molecule has 11 nitrogen and oxygen atoms in total. The number of amides is 2. The number of likely N-dealkylation sites (tertiary alicyclic amines) is 1. The van der Waals surface area contributed by atoms with E-state index in [0.717, 1.165) is 61.6 Å². The fourth-order valence-electron chi connectivity index (χ4n) is 10.6. The molecule has 2 N–H and O–H groups in total. The Kier molecular flexibility index (Phi) is 10.9. The van der Waals surface area contributed by atoms with Gasteiger partial charge in [-0.3, -0.25) is 9.59 Å². The van der Waals surface area contributed by atoms with Crippen LogP contribution in [0.1, 0.15) is 93.0 Å². The first-order valence-electron chi connectivity index (χ1n) is 21.3. The minimum Gasteiger partial charge on any atom is -0.478 e. The number of aromatic carboxylic acids is 1. The number of hydrogen-bond donors (Lipinski definition) is 2. The zero-order valence-electron chi connectivity index (χ0n) is 33.7. The van der Waals surface area contributed by atoms with Gasteiger partial charge in [-0.25, -0.2) is 14.2 Å². The molecule has 324 valence electrons. The SMILES string of the molecule is C[C@@H](OCC12CCC(CC1)OC2)[C@@H](COC1CCC(c2ccc(C(=O)O)cc2)CC1)NC(=O)[C@@H]1CN(c2cc(F)cc3ncsc23)CC12CN(C(=O)C1(C(F)(F)F)CC1)C2. The lowest BCUT2D eigenvalue weighted by atomic mass is 9.70. The van der Waals surface area contributed by atoms with E-state index in [1.54, 1.807) is 17.6 Å². The number of halogens is 4. The minimum absolute atomic E-state index is 0.0155. The number of ether oxygens (including phenoxy) is 3. The zero-order chi connectivity index (χ0) is 42.0. The van der Waals surface area contributed by atoms with Gasteiger partial charge in [-0.05, 0) is 101 Å². The van der Waals surface area contributed by atoms with Gasteiger partial charge >= 0.3 is 12.1 Å². The molecule has 10 rings (SSSR count). The molecule has 0 unspecified atom stereocenters. The van der Waals surface area contributed by atoms with Crippen LogP contribution < -0.4 is 10.2 Å². The molecule has 2 bridgehead atoms. The summed E-state index contributed by atoms with van der Waals surface area (Å²) in [7, 11) is 0. The van der Waals surface area contributed by atoms with Gasteiger partial charge in [-0.1, -0.05) is 12.1 Å². The summed E-state index contributed by atoms with van der Waals surface area (Å²) in [4.78, 5) is 46.9. The van der Waals surface area contributed by atoms with E-state index in [0.29, 0.717) is 30.5 Å². The number of thiazole rings is 1. The lowest BCUT2D eigenvalue weighted by Gasteiger charge is -2.51. The van der Waals surface area contributed by atoms with Gasteiger partial charge in [0.25, 0.3) is 0 Å². The fourth-order valence-corrected chi connectivity index (χ4v) is 11.4. The number of fused-ring (bicyclic) bond motifs is 4. The van der Waals surface area contributed by atoms with Crippen molar-refractivity contribution in [2.45, 2.75) is 108 Å². The van der Waals surface area contributed by atoms with Gasteiger partial charge in [-0.2, -0.15) is 13.2 Å². The van der Waals surface area contributed by atoms with E-state index in [-0.39, 0.29) is 74.5 Å². The Morgan fingerprint density at radius 1 is 1.02 bits per heavy atom. The van der Waals surface area contributed by atoms with Gasteiger partial charge in [0.15, 0.2) is 0 Å². The van der Waals surface area contributed by atoms with Crippen LogP contribution in [0.5, 0.6) is 0 Å². The molecule has 1 aromatic heterocycles. The van der Waals surface area contributed by atoms with Gasteiger partial charge in [0.05, 0.1) is 77.1 Å². The van der Waals surface area contributed by atoms with Crippen molar-refractivity contribution < 1.29 is 51.3 Å². The van der Waals surface area contributed by atoms with Crippen molar-refractivity contribution in [2.24, 2.45) is 22.2 Å². The first-order chi connectivity index (χ1) is 28.7. The van der Waals surface area contributed by atoms with Crippen molar-refractivity contribution in [2.75, 3.05) is 50.9 Å². The molecule has 3 atom stereocenters. The summed E-state index contributed by atoms with van der Waals surface area (Å²) in [6, 6.07) is 9.23. The molecule has 2 amide bonds. The molecule has 7 fully saturated rings. The number of rotatable bonds is 13. The van der Waals surface area contributed by atoms with Crippen LogP contribution in [0.3, 0.4) is 0 Å². The maximum absolute atomic E-state index is 14.9. The fraction of sp³-hybridized carbons (Fsp3) is 0.636. The van der Waals surface area contributed by atoms with Crippen molar-refractivity contribution in [1.29, 1.82) is 0 Å². The molecule has 4 aliphatic heterocycles. The molecule has 1 spiro atoms. The number of nitrogens with one attached hydrogen (secondary N) is 1. The molecule has 7 aliphatic rings. The van der Waals surface area contributed by atoms with Crippen LogP contribution in [0.25, 0.3) is 10.2 Å². The second-order valence-corrected chi connectivity index (χ2v) is 19.4. The average Bonchev–Trinajstić information content (AvgIpc) is 3.77. The highest BCUT2D eigenvalue weighted by Gasteiger charge is 2.71. The van der Waals surface area contributed by atoms with Crippen LogP contribution >= 0.6 is 11.3 Å². The normalized spacial score (nSPS) is 29.0. The van der Waals surface area contributed by atoms with Gasteiger partial charge in [0.2, 0.25) is 11.8 Å². The Morgan fingerprint density at radius 2 is 1.73 bits per heavy atom. The number of alkyl halides is 3. The van der Waals surface area contributed by atoms with E-state index in [1.807, 2.05) is 24.0 Å². The largest absolute Gasteiger partial charge is 0.478 e. The van der Waals surface area contributed by atoms with Crippen molar-refractivity contribution in [3.05, 3.63) is 58.9 Å². The maximum Gasteiger partial charge on any atom is 0.403 e. The van der Waals surface area contributed by atoms with Crippen LogP contribution in [0.15, 0.2) is 41.9 Å². The van der Waals surface area contributed by atoms with Crippen LogP contribution in [0.2, 0.25) is 0 Å². The second-order valence-electron chi connectivity index (χ2n) is 18.5. The number of hydrogen-bond acceptors (Lipinski definition) is 9. The molecular formula is C44H52F4N4O7S. The van der Waals surface area contributed by atoms with E-state index in [2.05, 4.69) is 10.3 Å². The zero-order valence-corrected chi connectivity index (χ0v) is 34.5. The molecule has 16 heteroatoms. The van der Waals surface area contributed by atoms with Gasteiger partial charge in [0.1, 0.15) is 11.2 Å². The summed E-state index contributed by atoms with van der Waals surface area (Å²) < 4.78 is 77.1.